The van der Waals surface area contributed by atoms with Crippen LogP contribution in [0.4, 0.5) is 5.69 Å². The van der Waals surface area contributed by atoms with Crippen LogP contribution in [0.1, 0.15) is 17.8 Å². The molecule has 1 unspecified atom stereocenters. The third-order valence-corrected chi connectivity index (χ3v) is 4.31. The number of hydrogen-bond acceptors (Lipinski definition) is 3. The molecule has 2 rings (SSSR count). The van der Waals surface area contributed by atoms with Crippen molar-refractivity contribution in [3.05, 3.63) is 44.6 Å². The SMILES string of the molecule is COc1ccc(Cl)c(NC(C)c2ccc(Cl)s2)c1. The van der Waals surface area contributed by atoms with Gasteiger partial charge in [0.25, 0.3) is 0 Å². The molecule has 2 aromatic rings. The number of ether oxygens (including phenoxy) is 1. The van der Waals surface area contributed by atoms with Gasteiger partial charge in [-0.15, -0.1) is 11.3 Å². The van der Waals surface area contributed by atoms with Crippen molar-refractivity contribution in [3.8, 4) is 5.75 Å². The second-order valence-corrected chi connectivity index (χ2v) is 6.01. The molecule has 0 amide bonds. The first-order valence-corrected chi connectivity index (χ1v) is 7.02. The van der Waals surface area contributed by atoms with Crippen LogP contribution < -0.4 is 10.1 Å². The van der Waals surface area contributed by atoms with E-state index in [0.29, 0.717) is 5.02 Å². The lowest BCUT2D eigenvalue weighted by Crippen LogP contribution is -2.05. The smallest absolute Gasteiger partial charge is 0.121 e. The molecule has 0 aliphatic rings. The van der Waals surface area contributed by atoms with Gasteiger partial charge in [-0.25, -0.2) is 0 Å². The van der Waals surface area contributed by atoms with Gasteiger partial charge in [-0.1, -0.05) is 23.2 Å². The average Bonchev–Trinajstić information content (AvgIpc) is 2.79. The molecule has 2 nitrogen and oxygen atoms in total. The van der Waals surface area contributed by atoms with Crippen molar-refractivity contribution in [2.75, 3.05) is 12.4 Å². The predicted molar refractivity (Wildman–Crippen MR) is 79.4 cm³/mol. The number of nitrogens with one attached hydrogen (secondary N) is 1. The van der Waals surface area contributed by atoms with E-state index < -0.39 is 0 Å². The van der Waals surface area contributed by atoms with E-state index in [1.54, 1.807) is 18.4 Å². The summed E-state index contributed by atoms with van der Waals surface area (Å²) < 4.78 is 5.97. The Morgan fingerprint density at radius 1 is 1.22 bits per heavy atom. The lowest BCUT2D eigenvalue weighted by Gasteiger charge is -2.15. The van der Waals surface area contributed by atoms with Crippen molar-refractivity contribution >= 4 is 40.2 Å². The summed E-state index contributed by atoms with van der Waals surface area (Å²) >= 11 is 13.6. The van der Waals surface area contributed by atoms with Gasteiger partial charge in [-0.3, -0.25) is 0 Å². The van der Waals surface area contributed by atoms with E-state index in [0.717, 1.165) is 15.8 Å². The Labute approximate surface area is 120 Å². The predicted octanol–water partition coefficient (Wildman–Crippen LogP) is 5.24. The molecular formula is C13H13Cl2NOS. The Balaban J connectivity index is 2.18. The molecule has 0 spiro atoms. The third-order valence-electron chi connectivity index (χ3n) is 2.57. The molecule has 0 saturated heterocycles. The van der Waals surface area contributed by atoms with Crippen molar-refractivity contribution in [2.24, 2.45) is 0 Å². The highest BCUT2D eigenvalue weighted by Crippen LogP contribution is 2.33. The van der Waals surface area contributed by atoms with Gasteiger partial charge < -0.3 is 10.1 Å². The fraction of sp³-hybridized carbons (Fsp3) is 0.231. The maximum Gasteiger partial charge on any atom is 0.121 e. The Bertz CT molecular complexity index is 542. The Hall–Kier alpha value is -0.900. The molecule has 1 aromatic heterocycles. The summed E-state index contributed by atoms with van der Waals surface area (Å²) in [6.07, 6.45) is 0. The number of benzene rings is 1. The molecule has 96 valence electrons. The molecule has 1 atom stereocenters. The molecule has 0 bridgehead atoms. The fourth-order valence-corrected chi connectivity index (χ4v) is 2.84. The quantitative estimate of drug-likeness (QED) is 0.834. The molecule has 0 aliphatic carbocycles. The van der Waals surface area contributed by atoms with E-state index in [1.807, 2.05) is 30.3 Å². The van der Waals surface area contributed by atoms with Crippen molar-refractivity contribution < 1.29 is 4.74 Å². The van der Waals surface area contributed by atoms with E-state index in [2.05, 4.69) is 12.2 Å². The van der Waals surface area contributed by atoms with Gasteiger partial charge in [-0.2, -0.15) is 0 Å². The molecular weight excluding hydrogens is 289 g/mol. The number of rotatable bonds is 4. The fourth-order valence-electron chi connectivity index (χ4n) is 1.61. The van der Waals surface area contributed by atoms with E-state index >= 15 is 0 Å². The average molecular weight is 302 g/mol. The highest BCUT2D eigenvalue weighted by molar-refractivity contribution is 7.16. The van der Waals surface area contributed by atoms with Gasteiger partial charge in [0.05, 0.1) is 28.2 Å². The maximum atomic E-state index is 6.15. The highest BCUT2D eigenvalue weighted by Gasteiger charge is 2.10. The van der Waals surface area contributed by atoms with Gasteiger partial charge >= 0.3 is 0 Å². The highest BCUT2D eigenvalue weighted by atomic mass is 35.5. The standard InChI is InChI=1S/C13H13Cl2NOS/c1-8(12-5-6-13(15)18-12)16-11-7-9(17-2)3-4-10(11)14/h3-8,16H,1-2H3. The number of hydrogen-bond donors (Lipinski definition) is 1. The van der Waals surface area contributed by atoms with Crippen LogP contribution in [0, 0.1) is 0 Å². The van der Waals surface area contributed by atoms with Crippen LogP contribution >= 0.6 is 34.5 Å². The van der Waals surface area contributed by atoms with Crippen molar-refractivity contribution in [3.63, 3.8) is 0 Å². The van der Waals surface area contributed by atoms with Crippen LogP contribution in [-0.2, 0) is 0 Å². The summed E-state index contributed by atoms with van der Waals surface area (Å²) in [6, 6.07) is 9.59. The molecule has 18 heavy (non-hydrogen) atoms. The number of anilines is 1. The first-order chi connectivity index (χ1) is 8.60. The van der Waals surface area contributed by atoms with Gasteiger partial charge in [0.1, 0.15) is 5.75 Å². The van der Waals surface area contributed by atoms with Gasteiger partial charge in [0.2, 0.25) is 0 Å². The first kappa shape index (κ1) is 13.5. The van der Waals surface area contributed by atoms with Crippen LogP contribution in [-0.4, -0.2) is 7.11 Å². The molecule has 0 fully saturated rings. The summed E-state index contributed by atoms with van der Waals surface area (Å²) in [5.41, 5.74) is 0.855. The van der Waals surface area contributed by atoms with Gasteiger partial charge in [0, 0.05) is 10.9 Å². The summed E-state index contributed by atoms with van der Waals surface area (Å²) in [6.45, 7) is 2.07. The second kappa shape index (κ2) is 5.83. The molecule has 0 saturated carbocycles. The largest absolute Gasteiger partial charge is 0.497 e. The Kier molecular flexibility index (Phi) is 4.38. The van der Waals surface area contributed by atoms with Crippen molar-refractivity contribution in [1.29, 1.82) is 0 Å². The normalized spacial score (nSPS) is 12.2. The van der Waals surface area contributed by atoms with E-state index in [4.69, 9.17) is 27.9 Å². The van der Waals surface area contributed by atoms with Crippen LogP contribution in [0.3, 0.4) is 0 Å². The molecule has 5 heteroatoms. The van der Waals surface area contributed by atoms with Gasteiger partial charge in [0.15, 0.2) is 0 Å². The van der Waals surface area contributed by atoms with Crippen molar-refractivity contribution in [1.82, 2.24) is 0 Å². The minimum absolute atomic E-state index is 0.145. The monoisotopic (exact) mass is 301 g/mol. The van der Waals surface area contributed by atoms with Crippen LogP contribution in [0.5, 0.6) is 5.75 Å². The van der Waals surface area contributed by atoms with Crippen LogP contribution in [0.25, 0.3) is 0 Å². The zero-order chi connectivity index (χ0) is 13.1. The minimum atomic E-state index is 0.145. The molecule has 0 radical (unpaired) electrons. The number of thiophene rings is 1. The number of halogens is 2. The molecule has 1 N–H and O–H groups in total. The zero-order valence-corrected chi connectivity index (χ0v) is 12.4. The Morgan fingerprint density at radius 2 is 2.00 bits per heavy atom. The summed E-state index contributed by atoms with van der Waals surface area (Å²) in [5, 5.41) is 4.03. The van der Waals surface area contributed by atoms with Gasteiger partial charge in [-0.05, 0) is 31.2 Å². The minimum Gasteiger partial charge on any atom is -0.497 e. The summed E-state index contributed by atoms with van der Waals surface area (Å²) in [7, 11) is 1.63. The molecule has 0 aliphatic heterocycles. The summed E-state index contributed by atoms with van der Waals surface area (Å²) in [5.74, 6) is 0.776. The Morgan fingerprint density at radius 3 is 2.61 bits per heavy atom. The topological polar surface area (TPSA) is 21.3 Å². The molecule has 1 heterocycles. The van der Waals surface area contributed by atoms with E-state index in [9.17, 15) is 0 Å². The summed E-state index contributed by atoms with van der Waals surface area (Å²) in [4.78, 5) is 1.17. The van der Waals surface area contributed by atoms with E-state index in [-0.39, 0.29) is 6.04 Å². The number of methoxy groups -OCH3 is 1. The van der Waals surface area contributed by atoms with Crippen LogP contribution in [0.2, 0.25) is 9.36 Å². The molecule has 1 aromatic carbocycles. The van der Waals surface area contributed by atoms with E-state index in [1.165, 1.54) is 4.88 Å². The first-order valence-electron chi connectivity index (χ1n) is 5.45. The second-order valence-electron chi connectivity index (χ2n) is 3.85. The lowest BCUT2D eigenvalue weighted by molar-refractivity contribution is 0.415. The van der Waals surface area contributed by atoms with Crippen molar-refractivity contribution in [2.45, 2.75) is 13.0 Å². The lowest BCUT2D eigenvalue weighted by atomic mass is 10.2. The third kappa shape index (κ3) is 3.10. The maximum absolute atomic E-state index is 6.15. The van der Waals surface area contributed by atoms with Crippen LogP contribution in [0.15, 0.2) is 30.3 Å². The zero-order valence-electron chi connectivity index (χ0n) is 10.0.